The summed E-state index contributed by atoms with van der Waals surface area (Å²) in [5.41, 5.74) is 0.520. The summed E-state index contributed by atoms with van der Waals surface area (Å²) in [5, 5.41) is 11.5. The predicted octanol–water partition coefficient (Wildman–Crippen LogP) is 3.53. The number of carbonyl (C=O) groups excluding carboxylic acids is 2. The summed E-state index contributed by atoms with van der Waals surface area (Å²) in [6.45, 7) is 3.94. The molecule has 0 saturated carbocycles. The van der Waals surface area contributed by atoms with E-state index in [-0.39, 0.29) is 29.8 Å². The van der Waals surface area contributed by atoms with E-state index in [1.54, 1.807) is 17.0 Å². The van der Waals surface area contributed by atoms with Crippen LogP contribution in [0.2, 0.25) is 0 Å². The number of anilines is 1. The lowest BCUT2D eigenvalue weighted by Gasteiger charge is -2.35. The number of benzene rings is 1. The Bertz CT molecular complexity index is 761. The smallest absolute Gasteiger partial charge is 0.338 e. The van der Waals surface area contributed by atoms with Crippen LogP contribution in [0.3, 0.4) is 0 Å². The second kappa shape index (κ2) is 9.71. The number of likely N-dealkylation sites (tertiary alicyclic amines) is 1. The van der Waals surface area contributed by atoms with Crippen LogP contribution in [-0.2, 0) is 9.53 Å². The van der Waals surface area contributed by atoms with E-state index >= 15 is 0 Å². The normalized spacial score (nSPS) is 19.7. The molecule has 29 heavy (non-hydrogen) atoms. The molecular weight excluding hydrogens is 374 g/mol. The number of nitro benzene ring substituents is 1. The van der Waals surface area contributed by atoms with E-state index in [9.17, 15) is 19.7 Å². The number of hydrogen-bond acceptors (Lipinski definition) is 6. The molecule has 158 valence electrons. The Kier molecular flexibility index (Phi) is 7.06. The van der Waals surface area contributed by atoms with Crippen LogP contribution in [0.1, 0.15) is 62.2 Å². The van der Waals surface area contributed by atoms with Crippen molar-refractivity contribution in [3.8, 4) is 0 Å². The van der Waals surface area contributed by atoms with Gasteiger partial charge in [0.25, 0.3) is 11.6 Å². The maximum absolute atomic E-state index is 12.5. The van der Waals surface area contributed by atoms with E-state index in [1.807, 2.05) is 11.8 Å². The number of amides is 1. The fraction of sp³-hybridized carbons (Fsp3) is 0.619. The summed E-state index contributed by atoms with van der Waals surface area (Å²) in [6.07, 6.45) is 7.04. The number of nitro groups is 1. The third kappa shape index (κ3) is 5.05. The van der Waals surface area contributed by atoms with E-state index in [1.165, 1.54) is 6.07 Å². The van der Waals surface area contributed by atoms with Crippen molar-refractivity contribution in [2.75, 3.05) is 31.1 Å². The number of hydrogen-bond donors (Lipinski definition) is 0. The Balaban J connectivity index is 1.66. The van der Waals surface area contributed by atoms with Gasteiger partial charge in [-0.05, 0) is 57.1 Å². The first kappa shape index (κ1) is 21.1. The average molecular weight is 403 g/mol. The number of nitrogens with zero attached hydrogens (tertiary/aromatic N) is 3. The third-order valence-corrected chi connectivity index (χ3v) is 5.85. The zero-order chi connectivity index (χ0) is 20.8. The van der Waals surface area contributed by atoms with Crippen LogP contribution in [0.25, 0.3) is 0 Å². The monoisotopic (exact) mass is 403 g/mol. The summed E-state index contributed by atoms with van der Waals surface area (Å²) in [5.74, 6) is -0.916. The Morgan fingerprint density at radius 1 is 1.14 bits per heavy atom. The third-order valence-electron chi connectivity index (χ3n) is 5.85. The molecule has 1 aromatic rings. The molecule has 0 N–H and O–H groups in total. The second-order valence-corrected chi connectivity index (χ2v) is 7.73. The standard InChI is InChI=1S/C21H29N3O5/c1-2-17-8-4-7-13-23(17)20(25)15-29-21(26)16-9-10-18(19(14-16)24(27)28)22-11-5-3-6-12-22/h9-10,14,17H,2-8,11-13,15H2,1H3. The predicted molar refractivity (Wildman–Crippen MR) is 109 cm³/mol. The van der Waals surface area contributed by atoms with E-state index in [0.717, 1.165) is 58.0 Å². The lowest BCUT2D eigenvalue weighted by molar-refractivity contribution is -0.384. The molecule has 2 saturated heterocycles. The largest absolute Gasteiger partial charge is 0.452 e. The fourth-order valence-corrected chi connectivity index (χ4v) is 4.25. The van der Waals surface area contributed by atoms with Crippen molar-refractivity contribution in [2.45, 2.75) is 57.9 Å². The molecule has 1 unspecified atom stereocenters. The first-order valence-corrected chi connectivity index (χ1v) is 10.5. The molecule has 3 rings (SSSR count). The minimum Gasteiger partial charge on any atom is -0.452 e. The van der Waals surface area contributed by atoms with Crippen LogP contribution >= 0.6 is 0 Å². The lowest BCUT2D eigenvalue weighted by atomic mass is 10.00. The Labute approximate surface area is 171 Å². The molecule has 0 spiro atoms. The second-order valence-electron chi connectivity index (χ2n) is 7.73. The summed E-state index contributed by atoms with van der Waals surface area (Å²) in [4.78, 5) is 39.7. The van der Waals surface area contributed by atoms with Crippen molar-refractivity contribution in [2.24, 2.45) is 0 Å². The maximum Gasteiger partial charge on any atom is 0.338 e. The van der Waals surface area contributed by atoms with Gasteiger partial charge in [0.05, 0.1) is 10.5 Å². The molecule has 2 heterocycles. The molecule has 2 aliphatic rings. The number of carbonyl (C=O) groups is 2. The first-order chi connectivity index (χ1) is 14.0. The minimum atomic E-state index is -0.711. The highest BCUT2D eigenvalue weighted by Gasteiger charge is 2.27. The van der Waals surface area contributed by atoms with Gasteiger partial charge >= 0.3 is 5.97 Å². The fourth-order valence-electron chi connectivity index (χ4n) is 4.25. The molecule has 2 aliphatic heterocycles. The minimum absolute atomic E-state index is 0.0935. The molecule has 1 atom stereocenters. The highest BCUT2D eigenvalue weighted by molar-refractivity contribution is 5.93. The summed E-state index contributed by atoms with van der Waals surface area (Å²) >= 11 is 0. The average Bonchev–Trinajstić information content (AvgIpc) is 2.77. The molecule has 0 aliphatic carbocycles. The van der Waals surface area contributed by atoms with Gasteiger partial charge in [-0.1, -0.05) is 6.92 Å². The summed E-state index contributed by atoms with van der Waals surface area (Å²) in [6, 6.07) is 4.60. The highest BCUT2D eigenvalue weighted by atomic mass is 16.6. The summed E-state index contributed by atoms with van der Waals surface area (Å²) in [7, 11) is 0. The van der Waals surface area contributed by atoms with Gasteiger partial charge in [-0.15, -0.1) is 0 Å². The van der Waals surface area contributed by atoms with Crippen LogP contribution in [0.5, 0.6) is 0 Å². The zero-order valence-corrected chi connectivity index (χ0v) is 17.0. The molecule has 8 heteroatoms. The van der Waals surface area contributed by atoms with Gasteiger partial charge in [-0.25, -0.2) is 4.79 Å². The van der Waals surface area contributed by atoms with Crippen molar-refractivity contribution < 1.29 is 19.2 Å². The maximum atomic E-state index is 12.5. The first-order valence-electron chi connectivity index (χ1n) is 10.5. The molecule has 1 aromatic carbocycles. The summed E-state index contributed by atoms with van der Waals surface area (Å²) < 4.78 is 5.19. The van der Waals surface area contributed by atoms with Crippen molar-refractivity contribution in [3.05, 3.63) is 33.9 Å². The molecule has 2 fully saturated rings. The van der Waals surface area contributed by atoms with Crippen molar-refractivity contribution in [3.63, 3.8) is 0 Å². The van der Waals surface area contributed by atoms with Gasteiger partial charge in [0.2, 0.25) is 0 Å². The number of rotatable bonds is 6. The molecule has 0 aromatic heterocycles. The SMILES string of the molecule is CCC1CCCCN1C(=O)COC(=O)c1ccc(N2CCCCC2)c([N+](=O)[O-])c1. The van der Waals surface area contributed by atoms with Gasteiger partial charge in [-0.2, -0.15) is 0 Å². The van der Waals surface area contributed by atoms with Crippen LogP contribution in [0, 0.1) is 10.1 Å². The van der Waals surface area contributed by atoms with Crippen LogP contribution < -0.4 is 4.90 Å². The Morgan fingerprint density at radius 3 is 2.55 bits per heavy atom. The topological polar surface area (TPSA) is 93.0 Å². The molecular formula is C21H29N3O5. The van der Waals surface area contributed by atoms with Gasteiger partial charge < -0.3 is 14.5 Å². The highest BCUT2D eigenvalue weighted by Crippen LogP contribution is 2.31. The van der Waals surface area contributed by atoms with Crippen LogP contribution in [0.15, 0.2) is 18.2 Å². The van der Waals surface area contributed by atoms with Crippen molar-refractivity contribution in [1.82, 2.24) is 4.90 Å². The molecule has 8 nitrogen and oxygen atoms in total. The van der Waals surface area contributed by atoms with Crippen LogP contribution in [-0.4, -0.2) is 54.0 Å². The Hall–Kier alpha value is -2.64. The van der Waals surface area contributed by atoms with Crippen molar-refractivity contribution in [1.29, 1.82) is 0 Å². The molecule has 0 bridgehead atoms. The number of piperidine rings is 2. The number of ether oxygens (including phenoxy) is 1. The Morgan fingerprint density at radius 2 is 1.86 bits per heavy atom. The zero-order valence-electron chi connectivity index (χ0n) is 17.0. The molecule has 1 amide bonds. The quantitative estimate of drug-likeness (QED) is 0.410. The van der Waals surface area contributed by atoms with E-state index < -0.39 is 10.9 Å². The van der Waals surface area contributed by atoms with Crippen molar-refractivity contribution >= 4 is 23.3 Å². The van der Waals surface area contributed by atoms with E-state index in [2.05, 4.69) is 0 Å². The lowest BCUT2D eigenvalue weighted by Crippen LogP contribution is -2.45. The van der Waals surface area contributed by atoms with Gasteiger partial charge in [0, 0.05) is 31.7 Å². The van der Waals surface area contributed by atoms with Gasteiger partial charge in [-0.3, -0.25) is 14.9 Å². The number of esters is 1. The van der Waals surface area contributed by atoms with E-state index in [4.69, 9.17) is 4.74 Å². The van der Waals surface area contributed by atoms with Gasteiger partial charge in [0.15, 0.2) is 6.61 Å². The molecule has 0 radical (unpaired) electrons. The van der Waals surface area contributed by atoms with Crippen LogP contribution in [0.4, 0.5) is 11.4 Å². The van der Waals surface area contributed by atoms with E-state index in [0.29, 0.717) is 12.2 Å². The van der Waals surface area contributed by atoms with Gasteiger partial charge in [0.1, 0.15) is 5.69 Å².